The third-order valence-corrected chi connectivity index (χ3v) is 4.10. The monoisotopic (exact) mass is 322 g/mol. The number of nitrogens with one attached hydrogen (secondary N) is 1. The topological polar surface area (TPSA) is 56.0 Å². The minimum absolute atomic E-state index is 0.0428. The Bertz CT molecular complexity index is 787. The summed E-state index contributed by atoms with van der Waals surface area (Å²) in [5.41, 5.74) is 3.69. The SMILES string of the molecule is CC(C)(C)c1cc(Nc2ccccc2C#N)c(O)c(C(C)(C)C)c1. The van der Waals surface area contributed by atoms with Crippen molar-refractivity contribution in [3.05, 3.63) is 53.1 Å². The summed E-state index contributed by atoms with van der Waals surface area (Å²) in [5, 5.41) is 23.3. The molecule has 0 radical (unpaired) electrons. The molecule has 2 aromatic carbocycles. The fourth-order valence-corrected chi connectivity index (χ4v) is 2.57. The summed E-state index contributed by atoms with van der Waals surface area (Å²) >= 11 is 0. The molecule has 0 aromatic heterocycles. The predicted molar refractivity (Wildman–Crippen MR) is 99.9 cm³/mol. The molecule has 2 N–H and O–H groups in total. The Hall–Kier alpha value is -2.47. The third-order valence-electron chi connectivity index (χ3n) is 4.10. The Balaban J connectivity index is 2.63. The molecule has 24 heavy (non-hydrogen) atoms. The number of para-hydroxylation sites is 1. The molecule has 0 aliphatic carbocycles. The smallest absolute Gasteiger partial charge is 0.142 e. The highest BCUT2D eigenvalue weighted by Crippen LogP contribution is 2.41. The van der Waals surface area contributed by atoms with Gasteiger partial charge in [0.25, 0.3) is 0 Å². The van der Waals surface area contributed by atoms with Gasteiger partial charge in [-0.3, -0.25) is 0 Å². The van der Waals surface area contributed by atoms with E-state index in [9.17, 15) is 10.4 Å². The van der Waals surface area contributed by atoms with E-state index in [0.717, 1.165) is 11.1 Å². The molecule has 2 rings (SSSR count). The highest BCUT2D eigenvalue weighted by atomic mass is 16.3. The number of rotatable bonds is 2. The Morgan fingerprint density at radius 1 is 0.917 bits per heavy atom. The highest BCUT2D eigenvalue weighted by Gasteiger charge is 2.25. The van der Waals surface area contributed by atoms with Gasteiger partial charge in [0.2, 0.25) is 0 Å². The molecular weight excluding hydrogens is 296 g/mol. The minimum Gasteiger partial charge on any atom is -0.505 e. The minimum atomic E-state index is -0.184. The number of phenolic OH excluding ortho intramolecular Hbond substituents is 1. The van der Waals surface area contributed by atoms with E-state index in [2.05, 4.69) is 59.0 Å². The number of hydrogen-bond donors (Lipinski definition) is 2. The molecule has 3 nitrogen and oxygen atoms in total. The number of nitriles is 1. The number of aromatic hydroxyl groups is 1. The van der Waals surface area contributed by atoms with Crippen LogP contribution in [0, 0.1) is 11.3 Å². The lowest BCUT2D eigenvalue weighted by Gasteiger charge is -2.28. The molecule has 0 saturated heterocycles. The van der Waals surface area contributed by atoms with Gasteiger partial charge in [-0.1, -0.05) is 59.7 Å². The van der Waals surface area contributed by atoms with Gasteiger partial charge in [-0.05, 0) is 34.6 Å². The standard InChI is InChI=1S/C21H26N2O/c1-20(2,3)15-11-16(21(4,5)6)19(24)18(12-15)23-17-10-8-7-9-14(17)13-22/h7-12,23-24H,1-6H3. The van der Waals surface area contributed by atoms with E-state index in [-0.39, 0.29) is 16.6 Å². The number of phenols is 1. The summed E-state index contributed by atoms with van der Waals surface area (Å²) in [5.74, 6) is 0.239. The van der Waals surface area contributed by atoms with Crippen molar-refractivity contribution in [2.24, 2.45) is 0 Å². The first-order chi connectivity index (χ1) is 11.0. The normalized spacial score (nSPS) is 11.9. The van der Waals surface area contributed by atoms with Crippen LogP contribution in [0.15, 0.2) is 36.4 Å². The van der Waals surface area contributed by atoms with Gasteiger partial charge in [0, 0.05) is 5.56 Å². The molecule has 2 aromatic rings. The summed E-state index contributed by atoms with van der Waals surface area (Å²) in [6, 6.07) is 13.5. The quantitative estimate of drug-likeness (QED) is 0.707. The van der Waals surface area contributed by atoms with Crippen molar-refractivity contribution >= 4 is 11.4 Å². The summed E-state index contributed by atoms with van der Waals surface area (Å²) in [4.78, 5) is 0. The molecule has 0 amide bonds. The lowest BCUT2D eigenvalue weighted by Crippen LogP contribution is -2.17. The molecule has 0 aliphatic rings. The molecule has 0 spiro atoms. The van der Waals surface area contributed by atoms with Crippen LogP contribution in [0.25, 0.3) is 0 Å². The van der Waals surface area contributed by atoms with Crippen LogP contribution in [0.2, 0.25) is 0 Å². The Morgan fingerprint density at radius 3 is 2.08 bits per heavy atom. The van der Waals surface area contributed by atoms with Gasteiger partial charge in [-0.15, -0.1) is 0 Å². The fourth-order valence-electron chi connectivity index (χ4n) is 2.57. The maximum Gasteiger partial charge on any atom is 0.142 e. The number of hydrogen-bond acceptors (Lipinski definition) is 3. The van der Waals surface area contributed by atoms with E-state index in [0.29, 0.717) is 16.9 Å². The zero-order chi connectivity index (χ0) is 18.1. The van der Waals surface area contributed by atoms with Gasteiger partial charge in [0.1, 0.15) is 11.8 Å². The lowest BCUT2D eigenvalue weighted by molar-refractivity contribution is 0.447. The highest BCUT2D eigenvalue weighted by molar-refractivity contribution is 5.73. The largest absolute Gasteiger partial charge is 0.505 e. The van der Waals surface area contributed by atoms with Gasteiger partial charge in [-0.2, -0.15) is 5.26 Å². The van der Waals surface area contributed by atoms with E-state index in [1.807, 2.05) is 24.3 Å². The lowest BCUT2D eigenvalue weighted by atomic mass is 9.79. The van der Waals surface area contributed by atoms with Gasteiger partial charge in [0.05, 0.1) is 16.9 Å². The first-order valence-electron chi connectivity index (χ1n) is 8.18. The number of nitrogens with zero attached hydrogens (tertiary/aromatic N) is 1. The molecule has 0 aliphatic heterocycles. The molecule has 3 heteroatoms. The van der Waals surface area contributed by atoms with Crippen molar-refractivity contribution in [1.29, 1.82) is 5.26 Å². The predicted octanol–water partition coefficient (Wildman–Crippen LogP) is 5.60. The zero-order valence-corrected chi connectivity index (χ0v) is 15.4. The molecule has 0 heterocycles. The van der Waals surface area contributed by atoms with E-state index in [1.165, 1.54) is 0 Å². The molecule has 0 atom stereocenters. The molecule has 126 valence electrons. The van der Waals surface area contributed by atoms with Crippen LogP contribution in [0.4, 0.5) is 11.4 Å². The van der Waals surface area contributed by atoms with E-state index < -0.39 is 0 Å². The summed E-state index contributed by atoms with van der Waals surface area (Å²) < 4.78 is 0. The summed E-state index contributed by atoms with van der Waals surface area (Å²) in [6.07, 6.45) is 0. The molecule has 0 bridgehead atoms. The van der Waals surface area contributed by atoms with Crippen LogP contribution in [0.3, 0.4) is 0 Å². The van der Waals surface area contributed by atoms with Crippen molar-refractivity contribution in [1.82, 2.24) is 0 Å². The molecular formula is C21H26N2O. The van der Waals surface area contributed by atoms with Crippen molar-refractivity contribution < 1.29 is 5.11 Å². The second-order valence-corrected chi connectivity index (χ2v) is 8.20. The van der Waals surface area contributed by atoms with Gasteiger partial charge in [-0.25, -0.2) is 0 Å². The Kier molecular flexibility index (Phi) is 4.62. The van der Waals surface area contributed by atoms with Crippen molar-refractivity contribution in [3.63, 3.8) is 0 Å². The first-order valence-corrected chi connectivity index (χ1v) is 8.18. The third kappa shape index (κ3) is 3.71. The maximum atomic E-state index is 10.8. The van der Waals surface area contributed by atoms with Gasteiger partial charge < -0.3 is 10.4 Å². The fraction of sp³-hybridized carbons (Fsp3) is 0.381. The van der Waals surface area contributed by atoms with Gasteiger partial charge in [0.15, 0.2) is 0 Å². The van der Waals surface area contributed by atoms with Crippen molar-refractivity contribution in [2.75, 3.05) is 5.32 Å². The van der Waals surface area contributed by atoms with E-state index in [4.69, 9.17) is 0 Å². The number of benzene rings is 2. The first kappa shape index (κ1) is 17.9. The van der Waals surface area contributed by atoms with Crippen LogP contribution in [-0.2, 0) is 10.8 Å². The zero-order valence-electron chi connectivity index (χ0n) is 15.4. The second-order valence-electron chi connectivity index (χ2n) is 8.20. The second kappa shape index (κ2) is 6.20. The Morgan fingerprint density at radius 2 is 1.54 bits per heavy atom. The van der Waals surface area contributed by atoms with Crippen LogP contribution in [-0.4, -0.2) is 5.11 Å². The van der Waals surface area contributed by atoms with Crippen LogP contribution < -0.4 is 5.32 Å². The molecule has 0 fully saturated rings. The van der Waals surface area contributed by atoms with Crippen molar-refractivity contribution in [3.8, 4) is 11.8 Å². The Labute approximate surface area is 145 Å². The van der Waals surface area contributed by atoms with Crippen LogP contribution in [0.1, 0.15) is 58.2 Å². The molecule has 0 saturated carbocycles. The average Bonchev–Trinajstić information content (AvgIpc) is 2.47. The van der Waals surface area contributed by atoms with E-state index >= 15 is 0 Å². The summed E-state index contributed by atoms with van der Waals surface area (Å²) in [6.45, 7) is 12.7. The number of anilines is 2. The van der Waals surface area contributed by atoms with E-state index in [1.54, 1.807) is 6.07 Å². The summed E-state index contributed by atoms with van der Waals surface area (Å²) in [7, 11) is 0. The van der Waals surface area contributed by atoms with Crippen LogP contribution >= 0.6 is 0 Å². The molecule has 0 unspecified atom stereocenters. The maximum absolute atomic E-state index is 10.8. The van der Waals surface area contributed by atoms with Crippen molar-refractivity contribution in [2.45, 2.75) is 52.4 Å². The van der Waals surface area contributed by atoms with Gasteiger partial charge >= 0.3 is 0 Å². The average molecular weight is 322 g/mol. The van der Waals surface area contributed by atoms with Crippen LogP contribution in [0.5, 0.6) is 5.75 Å².